The maximum absolute atomic E-state index is 12.7. The van der Waals surface area contributed by atoms with E-state index in [0.29, 0.717) is 21.5 Å². The molecule has 10 heteroatoms. The second-order valence-corrected chi connectivity index (χ2v) is 7.65. The summed E-state index contributed by atoms with van der Waals surface area (Å²) in [7, 11) is 1.45. The largest absolute Gasteiger partial charge is 0.494 e. The normalized spacial score (nSPS) is 11.0. The average molecular weight is 434 g/mol. The van der Waals surface area contributed by atoms with Crippen LogP contribution in [-0.4, -0.2) is 32.8 Å². The molecular weight excluding hydrogens is 421 g/mol. The van der Waals surface area contributed by atoms with Gasteiger partial charge in [0.1, 0.15) is 10.8 Å². The Balaban J connectivity index is 1.64. The van der Waals surface area contributed by atoms with Gasteiger partial charge in [0.2, 0.25) is 4.96 Å². The molecule has 0 aliphatic rings. The van der Waals surface area contributed by atoms with Crippen LogP contribution in [0.25, 0.3) is 15.5 Å². The first kappa shape index (κ1) is 18.7. The molecule has 142 valence electrons. The topological polar surface area (TPSA) is 81.4 Å². The van der Waals surface area contributed by atoms with Gasteiger partial charge in [0.25, 0.3) is 5.91 Å². The Kier molecular flexibility index (Phi) is 4.92. The van der Waals surface area contributed by atoms with E-state index in [1.165, 1.54) is 30.6 Å². The third-order valence-electron chi connectivity index (χ3n) is 3.97. The smallest absolute Gasteiger partial charge is 0.259 e. The van der Waals surface area contributed by atoms with E-state index in [4.69, 9.17) is 27.9 Å². The second kappa shape index (κ2) is 7.38. The molecule has 0 fully saturated rings. The summed E-state index contributed by atoms with van der Waals surface area (Å²) in [6.07, 6.45) is 0. The summed E-state index contributed by atoms with van der Waals surface area (Å²) in [6.45, 7) is 1.84. The lowest BCUT2D eigenvalue weighted by Crippen LogP contribution is -2.13. The van der Waals surface area contributed by atoms with Crippen molar-refractivity contribution in [1.29, 1.82) is 0 Å². The van der Waals surface area contributed by atoms with Crippen LogP contribution in [0.5, 0.6) is 5.75 Å². The number of carbonyl (C=O) groups is 1. The molecule has 0 saturated heterocycles. The lowest BCUT2D eigenvalue weighted by atomic mass is 10.1. The molecule has 0 aliphatic heterocycles. The Morgan fingerprint density at radius 3 is 2.79 bits per heavy atom. The van der Waals surface area contributed by atoms with Crippen molar-refractivity contribution >= 4 is 51.1 Å². The van der Waals surface area contributed by atoms with Crippen LogP contribution in [0, 0.1) is 6.92 Å². The van der Waals surface area contributed by atoms with Crippen LogP contribution >= 0.6 is 34.5 Å². The van der Waals surface area contributed by atoms with Gasteiger partial charge < -0.3 is 10.1 Å². The predicted molar refractivity (Wildman–Crippen MR) is 110 cm³/mol. The van der Waals surface area contributed by atoms with Gasteiger partial charge in [-0.2, -0.15) is 9.61 Å². The van der Waals surface area contributed by atoms with Crippen LogP contribution in [0.4, 0.5) is 5.69 Å². The number of fused-ring (bicyclic) bond motifs is 1. The van der Waals surface area contributed by atoms with E-state index in [1.54, 1.807) is 10.6 Å². The van der Waals surface area contributed by atoms with Gasteiger partial charge in [-0.15, -0.1) is 10.2 Å². The number of halogens is 2. The monoisotopic (exact) mass is 433 g/mol. The zero-order valence-electron chi connectivity index (χ0n) is 14.7. The van der Waals surface area contributed by atoms with Crippen LogP contribution in [0.15, 0.2) is 36.4 Å². The van der Waals surface area contributed by atoms with E-state index in [2.05, 4.69) is 20.6 Å². The van der Waals surface area contributed by atoms with Crippen LogP contribution in [0.1, 0.15) is 16.2 Å². The molecule has 2 heterocycles. The molecule has 0 unspecified atom stereocenters. The van der Waals surface area contributed by atoms with Gasteiger partial charge in [0, 0.05) is 16.3 Å². The maximum atomic E-state index is 12.7. The van der Waals surface area contributed by atoms with Gasteiger partial charge in [0.15, 0.2) is 5.82 Å². The van der Waals surface area contributed by atoms with Gasteiger partial charge in [-0.25, -0.2) is 0 Å². The van der Waals surface area contributed by atoms with Gasteiger partial charge in [-0.05, 0) is 31.2 Å². The average Bonchev–Trinajstić information content (AvgIpc) is 3.24. The predicted octanol–water partition coefficient (Wildman–Crippen LogP) is 4.73. The van der Waals surface area contributed by atoms with Crippen LogP contribution in [0.3, 0.4) is 0 Å². The minimum atomic E-state index is -0.382. The summed E-state index contributed by atoms with van der Waals surface area (Å²) in [4.78, 5) is 13.5. The Labute approximate surface area is 173 Å². The number of nitrogens with one attached hydrogen (secondary N) is 1. The first-order valence-electron chi connectivity index (χ1n) is 8.10. The lowest BCUT2D eigenvalue weighted by Gasteiger charge is -2.12. The quantitative estimate of drug-likeness (QED) is 0.502. The highest BCUT2D eigenvalue weighted by molar-refractivity contribution is 7.19. The van der Waals surface area contributed by atoms with E-state index in [-0.39, 0.29) is 22.2 Å². The molecule has 1 N–H and O–H groups in total. The van der Waals surface area contributed by atoms with Crippen molar-refractivity contribution in [3.63, 3.8) is 0 Å². The molecule has 7 nitrogen and oxygen atoms in total. The fourth-order valence-electron chi connectivity index (χ4n) is 2.70. The zero-order chi connectivity index (χ0) is 19.8. The van der Waals surface area contributed by atoms with Crippen molar-refractivity contribution in [3.05, 3.63) is 57.8 Å². The highest BCUT2D eigenvalue weighted by Crippen LogP contribution is 2.33. The van der Waals surface area contributed by atoms with Crippen molar-refractivity contribution in [2.45, 2.75) is 6.92 Å². The van der Waals surface area contributed by atoms with E-state index in [1.807, 2.05) is 25.1 Å². The van der Waals surface area contributed by atoms with E-state index in [0.717, 1.165) is 10.6 Å². The number of rotatable bonds is 4. The summed E-state index contributed by atoms with van der Waals surface area (Å²) in [5.41, 5.74) is 1.70. The second-order valence-electron chi connectivity index (χ2n) is 5.85. The molecule has 4 rings (SSSR count). The molecule has 0 atom stereocenters. The van der Waals surface area contributed by atoms with Crippen LogP contribution < -0.4 is 10.1 Å². The van der Waals surface area contributed by atoms with Crippen molar-refractivity contribution in [2.75, 3.05) is 12.4 Å². The number of aromatic nitrogens is 4. The first-order chi connectivity index (χ1) is 13.5. The number of benzene rings is 2. The van der Waals surface area contributed by atoms with Gasteiger partial charge >= 0.3 is 0 Å². The number of nitrogens with zero attached hydrogens (tertiary/aromatic N) is 4. The standard InChI is InChI=1S/C18H13Cl2N5O2S/c1-9-22-23-18-25(9)24-17(28-18)10-4-3-5-12(6-10)21-16(26)13-7-11(19)8-14(20)15(13)27-2/h3-8H,1-2H3,(H,21,26). The third-order valence-corrected chi connectivity index (χ3v) is 5.42. The van der Waals surface area contributed by atoms with Crippen molar-refractivity contribution in [3.8, 4) is 16.3 Å². The Morgan fingerprint density at radius 2 is 2.04 bits per heavy atom. The van der Waals surface area contributed by atoms with Crippen molar-refractivity contribution < 1.29 is 9.53 Å². The van der Waals surface area contributed by atoms with E-state index >= 15 is 0 Å². The number of hydrogen-bond donors (Lipinski definition) is 1. The summed E-state index contributed by atoms with van der Waals surface area (Å²) in [6, 6.07) is 10.4. The molecule has 4 aromatic rings. The minimum Gasteiger partial charge on any atom is -0.494 e. The molecule has 0 spiro atoms. The fraction of sp³-hybridized carbons (Fsp3) is 0.111. The highest BCUT2D eigenvalue weighted by atomic mass is 35.5. The zero-order valence-corrected chi connectivity index (χ0v) is 17.1. The molecule has 28 heavy (non-hydrogen) atoms. The molecule has 0 radical (unpaired) electrons. The van der Waals surface area contributed by atoms with Gasteiger partial charge in [-0.3, -0.25) is 4.79 Å². The van der Waals surface area contributed by atoms with Crippen molar-refractivity contribution in [2.24, 2.45) is 0 Å². The van der Waals surface area contributed by atoms with Gasteiger partial charge in [-0.1, -0.05) is 46.7 Å². The van der Waals surface area contributed by atoms with Crippen molar-refractivity contribution in [1.82, 2.24) is 19.8 Å². The molecule has 2 aromatic heterocycles. The summed E-state index contributed by atoms with van der Waals surface area (Å²) >= 11 is 13.6. The molecule has 0 saturated carbocycles. The molecule has 1 amide bonds. The van der Waals surface area contributed by atoms with Crippen LogP contribution in [0.2, 0.25) is 10.0 Å². The summed E-state index contributed by atoms with van der Waals surface area (Å²) in [5, 5.41) is 16.8. The Hall–Kier alpha value is -2.68. The fourth-order valence-corrected chi connectivity index (χ4v) is 4.15. The maximum Gasteiger partial charge on any atom is 0.259 e. The molecule has 0 aliphatic carbocycles. The number of carbonyl (C=O) groups excluding carboxylic acids is 1. The molecular formula is C18H13Cl2N5O2S. The van der Waals surface area contributed by atoms with Crippen LogP contribution in [-0.2, 0) is 0 Å². The SMILES string of the molecule is COc1c(Cl)cc(Cl)cc1C(=O)Nc1cccc(-c2nn3c(C)nnc3s2)c1. The minimum absolute atomic E-state index is 0.250. The number of aryl methyl sites for hydroxylation is 1. The van der Waals surface area contributed by atoms with E-state index in [9.17, 15) is 4.79 Å². The van der Waals surface area contributed by atoms with Gasteiger partial charge in [0.05, 0.1) is 17.7 Å². The number of hydrogen-bond acceptors (Lipinski definition) is 6. The summed E-state index contributed by atoms with van der Waals surface area (Å²) in [5.74, 6) is 0.600. The lowest BCUT2D eigenvalue weighted by molar-refractivity contribution is 0.102. The number of anilines is 1. The Bertz CT molecular complexity index is 1200. The highest BCUT2D eigenvalue weighted by Gasteiger charge is 2.18. The molecule has 2 aromatic carbocycles. The number of amides is 1. The van der Waals surface area contributed by atoms with E-state index < -0.39 is 0 Å². The Morgan fingerprint density at radius 1 is 1.21 bits per heavy atom. The first-order valence-corrected chi connectivity index (χ1v) is 9.67. The number of ether oxygens (including phenoxy) is 1. The summed E-state index contributed by atoms with van der Waals surface area (Å²) < 4.78 is 6.93. The third kappa shape index (κ3) is 3.42. The number of methoxy groups -OCH3 is 1. The molecule has 0 bridgehead atoms.